The molecule has 3 heteroatoms. The molecule has 1 fully saturated rings. The summed E-state index contributed by atoms with van der Waals surface area (Å²) in [5.74, 6) is 1.03. The average Bonchev–Trinajstić information content (AvgIpc) is 2.41. The van der Waals surface area contributed by atoms with Gasteiger partial charge in [0.1, 0.15) is 4.08 Å². The van der Waals surface area contributed by atoms with Crippen molar-refractivity contribution in [3.05, 3.63) is 30.3 Å². The zero-order valence-electron chi connectivity index (χ0n) is 12.8. The van der Waals surface area contributed by atoms with E-state index in [0.717, 1.165) is 19.3 Å². The van der Waals surface area contributed by atoms with Crippen LogP contribution in [0.4, 0.5) is 0 Å². The van der Waals surface area contributed by atoms with Gasteiger partial charge in [-0.25, -0.2) is 0 Å². The Kier molecular flexibility index (Phi) is 4.91. The topological polar surface area (TPSA) is 17.1 Å². The van der Waals surface area contributed by atoms with Gasteiger partial charge >= 0.3 is 0 Å². The monoisotopic (exact) mass is 308 g/mol. The van der Waals surface area contributed by atoms with E-state index in [1.54, 1.807) is 23.5 Å². The van der Waals surface area contributed by atoms with Gasteiger partial charge in [0, 0.05) is 11.3 Å². The van der Waals surface area contributed by atoms with E-state index in [-0.39, 0.29) is 9.49 Å². The first-order valence-corrected chi connectivity index (χ1v) is 9.24. The number of benzene rings is 1. The molecule has 0 heterocycles. The summed E-state index contributed by atoms with van der Waals surface area (Å²) in [7, 11) is 0. The van der Waals surface area contributed by atoms with Crippen LogP contribution in [0.3, 0.4) is 0 Å². The van der Waals surface area contributed by atoms with Crippen molar-refractivity contribution in [1.29, 1.82) is 0 Å². The van der Waals surface area contributed by atoms with Crippen LogP contribution in [0.25, 0.3) is 0 Å². The maximum absolute atomic E-state index is 12.6. The van der Waals surface area contributed by atoms with E-state index in [1.165, 1.54) is 4.90 Å². The van der Waals surface area contributed by atoms with E-state index in [9.17, 15) is 4.79 Å². The number of thioether (sulfide) groups is 2. The van der Waals surface area contributed by atoms with Gasteiger partial charge in [0.25, 0.3) is 0 Å². The minimum Gasteiger partial charge on any atom is -0.297 e. The summed E-state index contributed by atoms with van der Waals surface area (Å²) in [6, 6.07) is 10.3. The summed E-state index contributed by atoms with van der Waals surface area (Å²) in [6.07, 6.45) is 4.83. The standard InChI is InChI=1S/C17H24OS2/c1-16(2,3)13-10-11-15(18)17(12-13,19-4)20-14-8-6-5-7-9-14/h5-9,13H,10-12H2,1-4H3/t13-,17-/m0/s1. The van der Waals surface area contributed by atoms with E-state index in [4.69, 9.17) is 0 Å². The number of ketones is 1. The lowest BCUT2D eigenvalue weighted by molar-refractivity contribution is -0.122. The van der Waals surface area contributed by atoms with Crippen LogP contribution in [0.2, 0.25) is 0 Å². The molecule has 0 aromatic heterocycles. The number of hydrogen-bond donors (Lipinski definition) is 0. The summed E-state index contributed by atoms with van der Waals surface area (Å²) in [5.41, 5.74) is 0.277. The molecule has 0 aliphatic heterocycles. The van der Waals surface area contributed by atoms with Gasteiger partial charge < -0.3 is 0 Å². The summed E-state index contributed by atoms with van der Waals surface area (Å²) in [5, 5.41) is 0. The van der Waals surface area contributed by atoms with Crippen molar-refractivity contribution < 1.29 is 4.79 Å². The second-order valence-corrected chi connectivity index (χ2v) is 9.34. The van der Waals surface area contributed by atoms with E-state index >= 15 is 0 Å². The van der Waals surface area contributed by atoms with Crippen LogP contribution in [0.5, 0.6) is 0 Å². The Bertz CT molecular complexity index is 464. The first-order chi connectivity index (χ1) is 9.37. The lowest BCUT2D eigenvalue weighted by atomic mass is 9.72. The molecule has 2 atom stereocenters. The number of Topliss-reactive ketones (excluding diaryl/α,β-unsaturated/α-hetero) is 1. The van der Waals surface area contributed by atoms with Crippen LogP contribution in [-0.4, -0.2) is 16.1 Å². The second-order valence-electron chi connectivity index (χ2n) is 6.60. The third kappa shape index (κ3) is 3.43. The van der Waals surface area contributed by atoms with Crippen molar-refractivity contribution >= 4 is 29.3 Å². The molecular formula is C17H24OS2. The Balaban J connectivity index is 2.24. The first kappa shape index (κ1) is 16.0. The normalized spacial score (nSPS) is 27.6. The van der Waals surface area contributed by atoms with Crippen LogP contribution in [0.1, 0.15) is 40.0 Å². The molecule has 1 aromatic carbocycles. The molecule has 0 N–H and O–H groups in total. The fourth-order valence-corrected chi connectivity index (χ4v) is 5.29. The number of hydrogen-bond acceptors (Lipinski definition) is 3. The molecule has 0 unspecified atom stereocenters. The van der Waals surface area contributed by atoms with Crippen molar-refractivity contribution in [3.8, 4) is 0 Å². The third-order valence-corrected chi connectivity index (χ3v) is 7.28. The number of rotatable bonds is 3. The molecule has 110 valence electrons. The van der Waals surface area contributed by atoms with Gasteiger partial charge in [-0.05, 0) is 42.6 Å². The zero-order valence-corrected chi connectivity index (χ0v) is 14.4. The molecule has 1 aromatic rings. The summed E-state index contributed by atoms with van der Waals surface area (Å²) in [4.78, 5) is 13.8. The molecule has 1 nitrogen and oxygen atoms in total. The molecular weight excluding hydrogens is 284 g/mol. The maximum Gasteiger partial charge on any atom is 0.159 e. The molecule has 0 spiro atoms. The molecule has 0 radical (unpaired) electrons. The molecule has 20 heavy (non-hydrogen) atoms. The third-order valence-electron chi connectivity index (χ3n) is 4.24. The Hall–Kier alpha value is -0.410. The largest absolute Gasteiger partial charge is 0.297 e. The van der Waals surface area contributed by atoms with Crippen molar-refractivity contribution in [3.63, 3.8) is 0 Å². The minimum absolute atomic E-state index is 0.277. The van der Waals surface area contributed by atoms with E-state index in [1.807, 2.05) is 18.2 Å². The Morgan fingerprint density at radius 1 is 1.20 bits per heavy atom. The Labute approximate surface area is 131 Å². The highest BCUT2D eigenvalue weighted by atomic mass is 32.2. The van der Waals surface area contributed by atoms with Crippen molar-refractivity contribution in [2.45, 2.75) is 49.0 Å². The number of carbonyl (C=O) groups is 1. The van der Waals surface area contributed by atoms with E-state index in [2.05, 4.69) is 39.2 Å². The molecule has 0 amide bonds. The van der Waals surface area contributed by atoms with Crippen LogP contribution in [0, 0.1) is 11.3 Å². The molecule has 0 bridgehead atoms. The summed E-state index contributed by atoms with van der Waals surface area (Å²) < 4.78 is -0.294. The van der Waals surface area contributed by atoms with Gasteiger partial charge in [-0.2, -0.15) is 0 Å². The van der Waals surface area contributed by atoms with Crippen LogP contribution < -0.4 is 0 Å². The average molecular weight is 309 g/mol. The summed E-state index contributed by atoms with van der Waals surface area (Å²) in [6.45, 7) is 6.89. The van der Waals surface area contributed by atoms with E-state index in [0.29, 0.717) is 11.7 Å². The van der Waals surface area contributed by atoms with Crippen molar-refractivity contribution in [2.24, 2.45) is 11.3 Å². The molecule has 1 aliphatic carbocycles. The predicted octanol–water partition coefficient (Wildman–Crippen LogP) is 5.25. The van der Waals surface area contributed by atoms with Crippen LogP contribution >= 0.6 is 23.5 Å². The molecule has 1 aliphatic rings. The van der Waals surface area contributed by atoms with Crippen molar-refractivity contribution in [1.82, 2.24) is 0 Å². The van der Waals surface area contributed by atoms with Gasteiger partial charge in [0.15, 0.2) is 5.78 Å². The van der Waals surface area contributed by atoms with Gasteiger partial charge in [0.2, 0.25) is 0 Å². The quantitative estimate of drug-likeness (QED) is 0.710. The smallest absolute Gasteiger partial charge is 0.159 e. The maximum atomic E-state index is 12.6. The molecule has 2 rings (SSSR count). The lowest BCUT2D eigenvalue weighted by Gasteiger charge is -2.43. The highest BCUT2D eigenvalue weighted by Crippen LogP contribution is 2.53. The SMILES string of the molecule is CS[C@]1(Sc2ccccc2)C[C@@H](C(C)(C)C)CCC1=O. The molecule has 1 saturated carbocycles. The lowest BCUT2D eigenvalue weighted by Crippen LogP contribution is -2.41. The van der Waals surface area contributed by atoms with E-state index < -0.39 is 0 Å². The minimum atomic E-state index is -0.294. The second kappa shape index (κ2) is 6.15. The zero-order chi connectivity index (χ0) is 14.8. The van der Waals surface area contributed by atoms with Crippen LogP contribution in [-0.2, 0) is 4.79 Å². The summed E-state index contributed by atoms with van der Waals surface area (Å²) >= 11 is 3.48. The highest BCUT2D eigenvalue weighted by molar-refractivity contribution is 8.19. The first-order valence-electron chi connectivity index (χ1n) is 7.20. The Morgan fingerprint density at radius 2 is 1.85 bits per heavy atom. The van der Waals surface area contributed by atoms with Gasteiger partial charge in [-0.1, -0.05) is 39.0 Å². The molecule has 0 saturated heterocycles. The fourth-order valence-electron chi connectivity index (χ4n) is 2.79. The predicted molar refractivity (Wildman–Crippen MR) is 90.3 cm³/mol. The van der Waals surface area contributed by atoms with Gasteiger partial charge in [-0.3, -0.25) is 4.79 Å². The highest BCUT2D eigenvalue weighted by Gasteiger charge is 2.46. The van der Waals surface area contributed by atoms with Gasteiger partial charge in [0.05, 0.1) is 0 Å². The van der Waals surface area contributed by atoms with Crippen molar-refractivity contribution in [2.75, 3.05) is 6.26 Å². The Morgan fingerprint density at radius 3 is 2.40 bits per heavy atom. The van der Waals surface area contributed by atoms with Gasteiger partial charge in [-0.15, -0.1) is 23.5 Å². The van der Waals surface area contributed by atoms with Crippen LogP contribution in [0.15, 0.2) is 35.2 Å². The fraction of sp³-hybridized carbons (Fsp3) is 0.588. The number of carbonyl (C=O) groups excluding carboxylic acids is 1.